The molecule has 0 unspecified atom stereocenters. The number of sulfonamides is 1. The van der Waals surface area contributed by atoms with Crippen LogP contribution in [0.1, 0.15) is 22.5 Å². The van der Waals surface area contributed by atoms with Gasteiger partial charge in [0.25, 0.3) is 10.0 Å². The predicted molar refractivity (Wildman–Crippen MR) is 107 cm³/mol. The van der Waals surface area contributed by atoms with E-state index in [1.807, 2.05) is 42.8 Å². The summed E-state index contributed by atoms with van der Waals surface area (Å²) in [5, 5.41) is 9.09. The number of benzene rings is 2. The molecule has 140 valence electrons. The summed E-state index contributed by atoms with van der Waals surface area (Å²) in [5.41, 5.74) is 3.34. The van der Waals surface area contributed by atoms with Crippen LogP contribution < -0.4 is 4.83 Å². The Labute approximate surface area is 163 Å². The van der Waals surface area contributed by atoms with Crippen LogP contribution in [0, 0.1) is 13.8 Å². The molecule has 0 amide bonds. The van der Waals surface area contributed by atoms with E-state index in [-0.39, 0.29) is 4.90 Å². The first kappa shape index (κ1) is 19.1. The summed E-state index contributed by atoms with van der Waals surface area (Å²) in [7, 11) is -3.70. The molecule has 0 radical (unpaired) electrons. The zero-order valence-corrected chi connectivity index (χ0v) is 16.5. The largest absolute Gasteiger partial charge is 0.276 e. The Bertz CT molecular complexity index is 1080. The number of halogens is 1. The van der Waals surface area contributed by atoms with Gasteiger partial charge in [-0.1, -0.05) is 48.0 Å². The monoisotopic (exact) mass is 402 g/mol. The molecule has 0 spiro atoms. The number of hydrazone groups is 1. The van der Waals surface area contributed by atoms with Crippen LogP contribution in [0.2, 0.25) is 5.02 Å². The molecular weight excluding hydrogens is 384 g/mol. The molecule has 2 aromatic carbocycles. The van der Waals surface area contributed by atoms with Gasteiger partial charge in [-0.25, -0.2) is 4.83 Å². The van der Waals surface area contributed by atoms with Gasteiger partial charge in [-0.3, -0.25) is 4.68 Å². The quantitative estimate of drug-likeness (QED) is 0.506. The van der Waals surface area contributed by atoms with Gasteiger partial charge in [-0.15, -0.1) is 0 Å². The van der Waals surface area contributed by atoms with E-state index < -0.39 is 10.0 Å². The molecule has 1 heterocycles. The van der Waals surface area contributed by atoms with Crippen molar-refractivity contribution in [3.05, 3.63) is 82.1 Å². The van der Waals surface area contributed by atoms with Crippen LogP contribution in [0.15, 0.2) is 64.6 Å². The summed E-state index contributed by atoms with van der Waals surface area (Å²) in [6.07, 6.45) is 1.47. The topological polar surface area (TPSA) is 76.3 Å². The SMILES string of the molecule is Cc1nn(Cc2ccccc2Cl)c(C)c1/C=N/NS(=O)(=O)c1ccccc1. The smallest absolute Gasteiger partial charge is 0.264 e. The van der Waals surface area contributed by atoms with E-state index in [2.05, 4.69) is 15.0 Å². The molecular formula is C19H19ClN4O2S. The Morgan fingerprint density at radius 3 is 2.48 bits per heavy atom. The van der Waals surface area contributed by atoms with Gasteiger partial charge in [0.2, 0.25) is 0 Å². The van der Waals surface area contributed by atoms with Gasteiger partial charge >= 0.3 is 0 Å². The van der Waals surface area contributed by atoms with Crippen molar-refractivity contribution in [3.63, 3.8) is 0 Å². The summed E-state index contributed by atoms with van der Waals surface area (Å²) in [4.78, 5) is 2.39. The van der Waals surface area contributed by atoms with E-state index in [1.165, 1.54) is 18.3 Å². The van der Waals surface area contributed by atoms with Gasteiger partial charge in [-0.2, -0.15) is 18.6 Å². The summed E-state index contributed by atoms with van der Waals surface area (Å²) in [6.45, 7) is 4.28. The minimum Gasteiger partial charge on any atom is -0.264 e. The zero-order valence-electron chi connectivity index (χ0n) is 14.9. The van der Waals surface area contributed by atoms with E-state index in [0.29, 0.717) is 11.6 Å². The van der Waals surface area contributed by atoms with Crippen LogP contribution in [0.3, 0.4) is 0 Å². The maximum absolute atomic E-state index is 12.2. The third-order valence-corrected chi connectivity index (χ3v) is 5.74. The first-order chi connectivity index (χ1) is 12.9. The fourth-order valence-corrected chi connectivity index (χ4v) is 3.66. The molecule has 0 saturated carbocycles. The van der Waals surface area contributed by atoms with Crippen molar-refractivity contribution in [3.8, 4) is 0 Å². The van der Waals surface area contributed by atoms with E-state index in [1.54, 1.807) is 18.2 Å². The number of nitrogens with zero attached hydrogens (tertiary/aromatic N) is 3. The Hall–Kier alpha value is -2.64. The fourth-order valence-electron chi connectivity index (χ4n) is 2.65. The molecule has 0 aliphatic carbocycles. The first-order valence-corrected chi connectivity index (χ1v) is 10.1. The van der Waals surface area contributed by atoms with Crippen molar-refractivity contribution < 1.29 is 8.42 Å². The number of aromatic nitrogens is 2. The summed E-state index contributed by atoms with van der Waals surface area (Å²) in [6, 6.07) is 15.7. The van der Waals surface area contributed by atoms with Gasteiger partial charge in [0.15, 0.2) is 0 Å². The number of hydrogen-bond acceptors (Lipinski definition) is 4. The highest BCUT2D eigenvalue weighted by Gasteiger charge is 2.13. The second kappa shape index (κ2) is 7.94. The Morgan fingerprint density at radius 1 is 1.11 bits per heavy atom. The summed E-state index contributed by atoms with van der Waals surface area (Å²) < 4.78 is 26.3. The first-order valence-electron chi connectivity index (χ1n) is 8.26. The number of rotatable bonds is 6. The minimum atomic E-state index is -3.70. The highest BCUT2D eigenvalue weighted by molar-refractivity contribution is 7.89. The fraction of sp³-hybridized carbons (Fsp3) is 0.158. The van der Waals surface area contributed by atoms with Crippen LogP contribution >= 0.6 is 11.6 Å². The molecule has 0 bridgehead atoms. The molecule has 0 saturated heterocycles. The number of aryl methyl sites for hydroxylation is 1. The molecule has 8 heteroatoms. The standard InChI is InChI=1S/C19H19ClN4O2S/c1-14-18(12-21-23-27(25,26)17-9-4-3-5-10-17)15(2)24(22-14)13-16-8-6-7-11-19(16)20/h3-12,23H,13H2,1-2H3/b21-12+. The molecule has 27 heavy (non-hydrogen) atoms. The average molecular weight is 403 g/mol. The highest BCUT2D eigenvalue weighted by atomic mass is 35.5. The normalized spacial score (nSPS) is 11.8. The van der Waals surface area contributed by atoms with Crippen LogP contribution in [0.25, 0.3) is 0 Å². The van der Waals surface area contributed by atoms with Gasteiger partial charge < -0.3 is 0 Å². The number of hydrogen-bond donors (Lipinski definition) is 1. The third kappa shape index (κ3) is 4.37. The molecule has 3 aromatic rings. The van der Waals surface area contributed by atoms with Gasteiger partial charge in [-0.05, 0) is 37.6 Å². The van der Waals surface area contributed by atoms with Crippen molar-refractivity contribution >= 4 is 27.8 Å². The molecule has 1 N–H and O–H groups in total. The van der Waals surface area contributed by atoms with Crippen LogP contribution in [0.5, 0.6) is 0 Å². The molecule has 3 rings (SSSR count). The predicted octanol–water partition coefficient (Wildman–Crippen LogP) is 3.51. The zero-order chi connectivity index (χ0) is 19.4. The lowest BCUT2D eigenvalue weighted by Gasteiger charge is -2.06. The molecule has 0 fully saturated rings. The van der Waals surface area contributed by atoms with Gasteiger partial charge in [0.05, 0.1) is 23.3 Å². The lowest BCUT2D eigenvalue weighted by Crippen LogP contribution is -2.18. The molecule has 6 nitrogen and oxygen atoms in total. The van der Waals surface area contributed by atoms with E-state index in [4.69, 9.17) is 11.6 Å². The summed E-state index contributed by atoms with van der Waals surface area (Å²) in [5.74, 6) is 0. The molecule has 0 aliphatic heterocycles. The molecule has 0 aliphatic rings. The maximum Gasteiger partial charge on any atom is 0.276 e. The van der Waals surface area contributed by atoms with Crippen LogP contribution in [-0.4, -0.2) is 24.4 Å². The van der Waals surface area contributed by atoms with Gasteiger partial charge in [0, 0.05) is 16.3 Å². The molecule has 0 atom stereocenters. The van der Waals surface area contributed by atoms with Crippen molar-refractivity contribution in [2.24, 2.45) is 5.10 Å². The summed E-state index contributed by atoms with van der Waals surface area (Å²) >= 11 is 6.22. The Balaban J connectivity index is 1.79. The van der Waals surface area contributed by atoms with Crippen molar-refractivity contribution in [1.29, 1.82) is 0 Å². The van der Waals surface area contributed by atoms with Crippen molar-refractivity contribution in [2.75, 3.05) is 0 Å². The lowest BCUT2D eigenvalue weighted by molar-refractivity contribution is 0.584. The van der Waals surface area contributed by atoms with Crippen LogP contribution in [-0.2, 0) is 16.6 Å². The second-order valence-electron chi connectivity index (χ2n) is 6.00. The van der Waals surface area contributed by atoms with Crippen LogP contribution in [0.4, 0.5) is 0 Å². The molecule has 1 aromatic heterocycles. The maximum atomic E-state index is 12.2. The van der Waals surface area contributed by atoms with E-state index in [0.717, 1.165) is 22.5 Å². The lowest BCUT2D eigenvalue weighted by atomic mass is 10.2. The van der Waals surface area contributed by atoms with E-state index >= 15 is 0 Å². The average Bonchev–Trinajstić information content (AvgIpc) is 2.92. The van der Waals surface area contributed by atoms with Crippen molar-refractivity contribution in [2.45, 2.75) is 25.3 Å². The van der Waals surface area contributed by atoms with Crippen molar-refractivity contribution in [1.82, 2.24) is 14.6 Å². The second-order valence-corrected chi connectivity index (χ2v) is 8.07. The number of nitrogens with one attached hydrogen (secondary N) is 1. The van der Waals surface area contributed by atoms with Gasteiger partial charge in [0.1, 0.15) is 0 Å². The van der Waals surface area contributed by atoms with E-state index in [9.17, 15) is 8.42 Å². The minimum absolute atomic E-state index is 0.157. The Morgan fingerprint density at radius 2 is 1.78 bits per heavy atom. The highest BCUT2D eigenvalue weighted by Crippen LogP contribution is 2.18. The Kier molecular flexibility index (Phi) is 5.62. The third-order valence-electron chi connectivity index (χ3n) is 4.14.